The van der Waals surface area contributed by atoms with Crippen LogP contribution in [0.1, 0.15) is 71.1 Å². The quantitative estimate of drug-likeness (QED) is 0.366. The van der Waals surface area contributed by atoms with Gasteiger partial charge in [-0.05, 0) is 31.4 Å². The molecule has 1 heterocycles. The second-order valence-electron chi connectivity index (χ2n) is 7.12. The molecule has 1 aromatic heterocycles. The number of nitrogens with one attached hydrogen (secondary N) is 1. The zero-order valence-corrected chi connectivity index (χ0v) is 16.5. The van der Waals surface area contributed by atoms with Gasteiger partial charge in [-0.3, -0.25) is 4.98 Å². The van der Waals surface area contributed by atoms with Crippen molar-refractivity contribution in [1.82, 2.24) is 4.98 Å². The average Bonchev–Trinajstić information content (AvgIpc) is 2.68. The minimum atomic E-state index is 0.948. The first-order valence-electron chi connectivity index (χ1n) is 10.6. The number of nitrogens with zero attached hydrogens (tertiary/aromatic N) is 1. The Hall–Kier alpha value is -1.61. The van der Waals surface area contributed by atoms with Gasteiger partial charge in [-0.15, -0.1) is 0 Å². The van der Waals surface area contributed by atoms with Crippen molar-refractivity contribution >= 4 is 16.5 Å². The predicted molar refractivity (Wildman–Crippen MR) is 113 cm³/mol. The van der Waals surface area contributed by atoms with E-state index in [1.54, 1.807) is 0 Å². The molecule has 0 atom stereocenters. The summed E-state index contributed by atoms with van der Waals surface area (Å²) in [7, 11) is 0. The van der Waals surface area contributed by atoms with Crippen LogP contribution in [0.2, 0.25) is 0 Å². The molecular formula is C23H36N2O. The lowest BCUT2D eigenvalue weighted by Gasteiger charge is -2.09. The summed E-state index contributed by atoms with van der Waals surface area (Å²) in [4.78, 5) is 4.19. The molecule has 1 aromatic carbocycles. The number of hydrogen-bond acceptors (Lipinski definition) is 3. The molecule has 26 heavy (non-hydrogen) atoms. The summed E-state index contributed by atoms with van der Waals surface area (Å²) in [6.45, 7) is 5.19. The molecule has 2 aromatic rings. The number of rotatable bonds is 15. The maximum Gasteiger partial charge on any atom is 0.0466 e. The first-order valence-corrected chi connectivity index (χ1v) is 10.6. The number of fused-ring (bicyclic) bond motifs is 1. The van der Waals surface area contributed by atoms with Gasteiger partial charge >= 0.3 is 0 Å². The minimum Gasteiger partial charge on any atom is -0.385 e. The predicted octanol–water partition coefficient (Wildman–Crippen LogP) is 6.58. The summed E-state index contributed by atoms with van der Waals surface area (Å²) in [6, 6.07) is 8.45. The van der Waals surface area contributed by atoms with Crippen molar-refractivity contribution in [3.05, 3.63) is 36.7 Å². The standard InChI is InChI=1S/C23H36N2O/c1-2-3-4-10-18-26-19-11-8-6-5-7-9-16-25-23-14-12-13-21-20-24-17-15-22(21)23/h12-15,17,20,25H,2-11,16,18-19H2,1H3. The number of aromatic nitrogens is 1. The minimum absolute atomic E-state index is 0.948. The molecule has 0 fully saturated rings. The smallest absolute Gasteiger partial charge is 0.0466 e. The normalized spacial score (nSPS) is 11.1. The van der Waals surface area contributed by atoms with E-state index in [0.717, 1.165) is 19.8 Å². The highest BCUT2D eigenvalue weighted by atomic mass is 16.5. The highest BCUT2D eigenvalue weighted by Crippen LogP contribution is 2.22. The van der Waals surface area contributed by atoms with Crippen LogP contribution in [-0.4, -0.2) is 24.7 Å². The fourth-order valence-corrected chi connectivity index (χ4v) is 3.27. The zero-order chi connectivity index (χ0) is 18.3. The molecule has 0 aliphatic rings. The van der Waals surface area contributed by atoms with Crippen molar-refractivity contribution in [1.29, 1.82) is 0 Å². The van der Waals surface area contributed by atoms with Gasteiger partial charge in [-0.1, -0.05) is 64.0 Å². The first-order chi connectivity index (χ1) is 12.9. The SMILES string of the molecule is CCCCCCOCCCCCCCCNc1cccc2cnccc12. The number of ether oxygens (including phenoxy) is 1. The number of benzene rings is 1. The molecule has 0 aliphatic heterocycles. The molecule has 144 valence electrons. The molecule has 3 heteroatoms. The summed E-state index contributed by atoms with van der Waals surface area (Å²) in [5.41, 5.74) is 1.22. The summed E-state index contributed by atoms with van der Waals surface area (Å²) in [6.07, 6.45) is 16.7. The van der Waals surface area contributed by atoms with Gasteiger partial charge in [0.2, 0.25) is 0 Å². The lowest BCUT2D eigenvalue weighted by Crippen LogP contribution is -2.02. The Morgan fingerprint density at radius 2 is 1.58 bits per heavy atom. The molecule has 2 rings (SSSR count). The average molecular weight is 357 g/mol. The van der Waals surface area contributed by atoms with Gasteiger partial charge in [0.05, 0.1) is 0 Å². The molecule has 0 amide bonds. The molecule has 0 aliphatic carbocycles. The third-order valence-corrected chi connectivity index (χ3v) is 4.85. The van der Waals surface area contributed by atoms with E-state index in [9.17, 15) is 0 Å². The van der Waals surface area contributed by atoms with Crippen molar-refractivity contribution < 1.29 is 4.74 Å². The van der Waals surface area contributed by atoms with E-state index in [1.807, 2.05) is 12.4 Å². The summed E-state index contributed by atoms with van der Waals surface area (Å²) in [5.74, 6) is 0. The molecular weight excluding hydrogens is 320 g/mol. The Labute approximate surface area is 159 Å². The fraction of sp³-hybridized carbons (Fsp3) is 0.609. The molecule has 0 radical (unpaired) electrons. The fourth-order valence-electron chi connectivity index (χ4n) is 3.27. The second kappa shape index (κ2) is 13.6. The largest absolute Gasteiger partial charge is 0.385 e. The third-order valence-electron chi connectivity index (χ3n) is 4.85. The Morgan fingerprint density at radius 3 is 2.38 bits per heavy atom. The number of hydrogen-bond donors (Lipinski definition) is 1. The summed E-state index contributed by atoms with van der Waals surface area (Å²) >= 11 is 0. The molecule has 0 spiro atoms. The van der Waals surface area contributed by atoms with Crippen LogP contribution in [0.4, 0.5) is 5.69 Å². The summed E-state index contributed by atoms with van der Waals surface area (Å²) in [5, 5.41) is 6.04. The third kappa shape index (κ3) is 8.18. The van der Waals surface area contributed by atoms with Crippen molar-refractivity contribution in [2.45, 2.75) is 71.1 Å². The van der Waals surface area contributed by atoms with Crippen LogP contribution in [0, 0.1) is 0 Å². The second-order valence-corrected chi connectivity index (χ2v) is 7.12. The topological polar surface area (TPSA) is 34.1 Å². The van der Waals surface area contributed by atoms with Crippen LogP contribution in [0.25, 0.3) is 10.8 Å². The molecule has 0 bridgehead atoms. The Balaban J connectivity index is 1.43. The van der Waals surface area contributed by atoms with E-state index in [1.165, 1.54) is 80.7 Å². The van der Waals surface area contributed by atoms with Crippen molar-refractivity contribution in [3.63, 3.8) is 0 Å². The van der Waals surface area contributed by atoms with Crippen LogP contribution in [0.3, 0.4) is 0 Å². The maximum absolute atomic E-state index is 5.70. The highest BCUT2D eigenvalue weighted by Gasteiger charge is 1.99. The van der Waals surface area contributed by atoms with E-state index in [0.29, 0.717) is 0 Å². The molecule has 1 N–H and O–H groups in total. The Bertz CT molecular complexity index is 594. The lowest BCUT2D eigenvalue weighted by molar-refractivity contribution is 0.126. The van der Waals surface area contributed by atoms with Gasteiger partial charge in [0.15, 0.2) is 0 Å². The molecule has 3 nitrogen and oxygen atoms in total. The highest BCUT2D eigenvalue weighted by molar-refractivity contribution is 5.93. The van der Waals surface area contributed by atoms with Crippen molar-refractivity contribution in [3.8, 4) is 0 Å². The monoisotopic (exact) mass is 356 g/mol. The van der Waals surface area contributed by atoms with Gasteiger partial charge < -0.3 is 10.1 Å². The zero-order valence-electron chi connectivity index (χ0n) is 16.5. The van der Waals surface area contributed by atoms with Crippen LogP contribution in [0.5, 0.6) is 0 Å². The number of pyridine rings is 1. The van der Waals surface area contributed by atoms with Crippen LogP contribution >= 0.6 is 0 Å². The van der Waals surface area contributed by atoms with E-state index < -0.39 is 0 Å². The van der Waals surface area contributed by atoms with E-state index in [4.69, 9.17) is 4.74 Å². The van der Waals surface area contributed by atoms with Crippen molar-refractivity contribution in [2.24, 2.45) is 0 Å². The first kappa shape index (κ1) is 20.7. The molecule has 0 saturated heterocycles. The van der Waals surface area contributed by atoms with E-state index in [-0.39, 0.29) is 0 Å². The number of anilines is 1. The van der Waals surface area contributed by atoms with Gasteiger partial charge in [0.25, 0.3) is 0 Å². The Kier molecular flexibility index (Phi) is 10.8. The van der Waals surface area contributed by atoms with Gasteiger partial charge in [0, 0.05) is 48.6 Å². The van der Waals surface area contributed by atoms with Gasteiger partial charge in [-0.2, -0.15) is 0 Å². The number of unbranched alkanes of at least 4 members (excludes halogenated alkanes) is 8. The summed E-state index contributed by atoms with van der Waals surface area (Å²) < 4.78 is 5.70. The maximum atomic E-state index is 5.70. The van der Waals surface area contributed by atoms with Gasteiger partial charge in [0.1, 0.15) is 0 Å². The molecule has 0 saturated carbocycles. The molecule has 0 unspecified atom stereocenters. The van der Waals surface area contributed by atoms with Crippen molar-refractivity contribution in [2.75, 3.05) is 25.1 Å². The van der Waals surface area contributed by atoms with E-state index >= 15 is 0 Å². The Morgan fingerprint density at radius 1 is 0.846 bits per heavy atom. The van der Waals surface area contributed by atoms with Gasteiger partial charge in [-0.25, -0.2) is 0 Å². The van der Waals surface area contributed by atoms with Crippen LogP contribution < -0.4 is 5.32 Å². The van der Waals surface area contributed by atoms with Crippen LogP contribution in [0.15, 0.2) is 36.7 Å². The van der Waals surface area contributed by atoms with E-state index in [2.05, 4.69) is 41.5 Å². The lowest BCUT2D eigenvalue weighted by atomic mass is 10.1. The van der Waals surface area contributed by atoms with Crippen LogP contribution in [-0.2, 0) is 4.74 Å².